The number of fused-ring (bicyclic) bond motifs is 3. The van der Waals surface area contributed by atoms with Crippen LogP contribution < -0.4 is 5.32 Å². The van der Waals surface area contributed by atoms with Crippen molar-refractivity contribution in [3.8, 4) is 0 Å². The number of benzene rings is 2. The third kappa shape index (κ3) is 3.04. The fourth-order valence-electron chi connectivity index (χ4n) is 4.17. The predicted octanol–water partition coefficient (Wildman–Crippen LogP) is 5.99. The summed E-state index contributed by atoms with van der Waals surface area (Å²) in [5.41, 5.74) is 0.688. The highest BCUT2D eigenvalue weighted by molar-refractivity contribution is 9.10. The van der Waals surface area contributed by atoms with Crippen LogP contribution in [0, 0.1) is 5.92 Å². The first-order valence-corrected chi connectivity index (χ1v) is 9.22. The number of anilines is 1. The van der Waals surface area contributed by atoms with Crippen molar-refractivity contribution in [1.82, 2.24) is 0 Å². The van der Waals surface area contributed by atoms with Gasteiger partial charge in [0.1, 0.15) is 0 Å². The molecule has 27 heavy (non-hydrogen) atoms. The standard InChI is InChI=1S/C20H15BrF3NO2/c21-10-8-14-11-5-3-6-12(11)17(25-18(14)15(9-10)19(26)27)13-4-1-2-7-16(13)20(22,23)24/h1-5,7-9,11-12,17,25H,6H2,(H,26,27)/t11-,12-,17+/m1/s1. The number of carbonyl (C=O) groups is 1. The van der Waals surface area contributed by atoms with E-state index in [0.717, 1.165) is 11.6 Å². The zero-order chi connectivity index (χ0) is 19.3. The first kappa shape index (κ1) is 18.1. The Kier molecular flexibility index (Phi) is 4.29. The summed E-state index contributed by atoms with van der Waals surface area (Å²) in [6.45, 7) is 0. The lowest BCUT2D eigenvalue weighted by molar-refractivity contribution is -0.138. The van der Waals surface area contributed by atoms with Gasteiger partial charge in [-0.15, -0.1) is 0 Å². The summed E-state index contributed by atoms with van der Waals surface area (Å²) in [4.78, 5) is 11.7. The van der Waals surface area contributed by atoms with Crippen LogP contribution in [0.25, 0.3) is 0 Å². The fraction of sp³-hybridized carbons (Fsp3) is 0.250. The molecule has 0 saturated carbocycles. The lowest BCUT2D eigenvalue weighted by atomic mass is 9.75. The molecule has 0 radical (unpaired) electrons. The molecular weight excluding hydrogens is 423 g/mol. The average molecular weight is 438 g/mol. The number of carboxylic acid groups (broad SMARTS) is 1. The third-order valence-corrected chi connectivity index (χ3v) is 5.72. The van der Waals surface area contributed by atoms with E-state index in [1.54, 1.807) is 6.07 Å². The van der Waals surface area contributed by atoms with Gasteiger partial charge < -0.3 is 10.4 Å². The first-order valence-electron chi connectivity index (χ1n) is 8.43. The van der Waals surface area contributed by atoms with Gasteiger partial charge in [0.15, 0.2) is 0 Å². The number of aromatic carboxylic acids is 1. The number of hydrogen-bond acceptors (Lipinski definition) is 2. The summed E-state index contributed by atoms with van der Waals surface area (Å²) >= 11 is 3.34. The van der Waals surface area contributed by atoms with E-state index in [1.807, 2.05) is 18.2 Å². The second kappa shape index (κ2) is 6.41. The second-order valence-electron chi connectivity index (χ2n) is 6.78. The van der Waals surface area contributed by atoms with Crippen LogP contribution in [-0.4, -0.2) is 11.1 Å². The Bertz CT molecular complexity index is 955. The summed E-state index contributed by atoms with van der Waals surface area (Å²) in [5, 5.41) is 12.7. The molecule has 1 aliphatic heterocycles. The molecule has 2 N–H and O–H groups in total. The van der Waals surface area contributed by atoms with Gasteiger partial charge in [0.25, 0.3) is 0 Å². The van der Waals surface area contributed by atoms with Gasteiger partial charge in [0.05, 0.1) is 22.9 Å². The largest absolute Gasteiger partial charge is 0.478 e. The number of alkyl halides is 3. The number of hydrogen-bond donors (Lipinski definition) is 2. The molecule has 2 aromatic carbocycles. The van der Waals surface area contributed by atoms with Crippen molar-refractivity contribution in [1.29, 1.82) is 0 Å². The molecule has 140 valence electrons. The van der Waals surface area contributed by atoms with Crippen molar-refractivity contribution in [3.05, 3.63) is 75.3 Å². The van der Waals surface area contributed by atoms with Crippen molar-refractivity contribution in [2.75, 3.05) is 5.32 Å². The van der Waals surface area contributed by atoms with Gasteiger partial charge in [-0.3, -0.25) is 0 Å². The zero-order valence-corrected chi connectivity index (χ0v) is 15.5. The maximum atomic E-state index is 13.6. The van der Waals surface area contributed by atoms with Crippen LogP contribution in [0.2, 0.25) is 0 Å². The van der Waals surface area contributed by atoms with Gasteiger partial charge >= 0.3 is 12.1 Å². The van der Waals surface area contributed by atoms with Crippen molar-refractivity contribution in [2.45, 2.75) is 24.6 Å². The van der Waals surface area contributed by atoms with E-state index >= 15 is 0 Å². The molecule has 4 rings (SSSR count). The molecular formula is C20H15BrF3NO2. The lowest BCUT2D eigenvalue weighted by Gasteiger charge is -2.39. The van der Waals surface area contributed by atoms with Crippen LogP contribution >= 0.6 is 15.9 Å². The monoisotopic (exact) mass is 437 g/mol. The molecule has 0 saturated heterocycles. The summed E-state index contributed by atoms with van der Waals surface area (Å²) in [6, 6.07) is 8.18. The molecule has 0 spiro atoms. The molecule has 3 nitrogen and oxygen atoms in total. The average Bonchev–Trinajstić information content (AvgIpc) is 3.10. The molecule has 0 amide bonds. The van der Waals surface area contributed by atoms with E-state index in [-0.39, 0.29) is 23.0 Å². The molecule has 3 atom stereocenters. The Morgan fingerprint density at radius 3 is 2.63 bits per heavy atom. The van der Waals surface area contributed by atoms with Crippen molar-refractivity contribution in [3.63, 3.8) is 0 Å². The Morgan fingerprint density at radius 1 is 1.19 bits per heavy atom. The van der Waals surface area contributed by atoms with Crippen molar-refractivity contribution < 1.29 is 23.1 Å². The maximum absolute atomic E-state index is 13.6. The maximum Gasteiger partial charge on any atom is 0.416 e. The van der Waals surface area contributed by atoms with Crippen LogP contribution in [0.15, 0.2) is 53.0 Å². The summed E-state index contributed by atoms with van der Waals surface area (Å²) in [6.07, 6.45) is 0.0700. The van der Waals surface area contributed by atoms with Crippen molar-refractivity contribution >= 4 is 27.6 Å². The van der Waals surface area contributed by atoms with Crippen LogP contribution in [-0.2, 0) is 6.18 Å². The molecule has 2 aliphatic rings. The number of halogens is 4. The number of rotatable bonds is 2. The van der Waals surface area contributed by atoms with Gasteiger partial charge in [0, 0.05) is 10.4 Å². The van der Waals surface area contributed by atoms with Gasteiger partial charge in [-0.2, -0.15) is 13.2 Å². The van der Waals surface area contributed by atoms with Gasteiger partial charge in [-0.05, 0) is 41.7 Å². The Balaban J connectivity index is 1.90. The Labute approximate surface area is 162 Å². The Hall–Kier alpha value is -2.28. The molecule has 1 aliphatic carbocycles. The van der Waals surface area contributed by atoms with E-state index in [4.69, 9.17) is 0 Å². The third-order valence-electron chi connectivity index (χ3n) is 5.27. The van der Waals surface area contributed by atoms with Gasteiger partial charge in [0.2, 0.25) is 0 Å². The smallest absolute Gasteiger partial charge is 0.416 e. The quantitative estimate of drug-likeness (QED) is 0.567. The number of nitrogens with one attached hydrogen (secondary N) is 1. The molecule has 1 heterocycles. The minimum atomic E-state index is -4.48. The minimum Gasteiger partial charge on any atom is -0.478 e. The van der Waals surface area contributed by atoms with Crippen LogP contribution in [0.1, 0.15) is 45.4 Å². The lowest BCUT2D eigenvalue weighted by Crippen LogP contribution is -2.32. The highest BCUT2D eigenvalue weighted by Crippen LogP contribution is 2.52. The van der Waals surface area contributed by atoms with Crippen LogP contribution in [0.4, 0.5) is 18.9 Å². The Morgan fingerprint density at radius 2 is 1.93 bits per heavy atom. The summed E-state index contributed by atoms with van der Waals surface area (Å²) < 4.78 is 41.3. The first-order chi connectivity index (χ1) is 12.8. The molecule has 0 fully saturated rings. The van der Waals surface area contributed by atoms with Crippen LogP contribution in [0.3, 0.4) is 0 Å². The van der Waals surface area contributed by atoms with E-state index in [9.17, 15) is 23.1 Å². The highest BCUT2D eigenvalue weighted by atomic mass is 79.9. The summed E-state index contributed by atoms with van der Waals surface area (Å²) in [7, 11) is 0. The fourth-order valence-corrected chi connectivity index (χ4v) is 4.64. The van der Waals surface area contributed by atoms with Gasteiger partial charge in [-0.1, -0.05) is 46.3 Å². The molecule has 2 aromatic rings. The van der Waals surface area contributed by atoms with E-state index in [1.165, 1.54) is 18.2 Å². The predicted molar refractivity (Wildman–Crippen MR) is 98.9 cm³/mol. The van der Waals surface area contributed by atoms with Crippen molar-refractivity contribution in [2.24, 2.45) is 5.92 Å². The minimum absolute atomic E-state index is 0.0487. The van der Waals surface area contributed by atoms with E-state index < -0.39 is 23.8 Å². The normalized spacial score (nSPS) is 23.5. The number of carboxylic acids is 1. The molecule has 0 aromatic heterocycles. The van der Waals surface area contributed by atoms with Gasteiger partial charge in [-0.25, -0.2) is 4.79 Å². The molecule has 0 unspecified atom stereocenters. The summed E-state index contributed by atoms with van der Waals surface area (Å²) in [5.74, 6) is -1.37. The SMILES string of the molecule is O=C(O)c1cc(Br)cc2c1N[C@H](c1ccccc1C(F)(F)F)[C@@H]1CC=C[C@@H]21. The topological polar surface area (TPSA) is 49.3 Å². The highest BCUT2D eigenvalue weighted by Gasteiger charge is 2.43. The zero-order valence-electron chi connectivity index (χ0n) is 13.9. The molecule has 0 bridgehead atoms. The number of allylic oxidation sites excluding steroid dienone is 2. The van der Waals surface area contributed by atoms with E-state index in [0.29, 0.717) is 16.6 Å². The van der Waals surface area contributed by atoms with Crippen LogP contribution in [0.5, 0.6) is 0 Å². The molecule has 7 heteroatoms. The second-order valence-corrected chi connectivity index (χ2v) is 7.70. The van der Waals surface area contributed by atoms with E-state index in [2.05, 4.69) is 21.2 Å².